The Bertz CT molecular complexity index is 687. The second-order valence-corrected chi connectivity index (χ2v) is 6.66. The fourth-order valence-electron chi connectivity index (χ4n) is 2.94. The zero-order valence-electron chi connectivity index (χ0n) is 14.6. The van der Waals surface area contributed by atoms with E-state index in [-0.39, 0.29) is 11.9 Å². The molecule has 0 aromatic heterocycles. The second-order valence-electron chi connectivity index (χ2n) is 5.88. The number of likely N-dealkylation sites (N-methyl/N-ethyl adjacent to an activating group) is 1. The van der Waals surface area contributed by atoms with Gasteiger partial charge in [-0.1, -0.05) is 73.4 Å². The fraction of sp³-hybridized carbons (Fsp3) is 0.350. The van der Waals surface area contributed by atoms with Crippen molar-refractivity contribution >= 4 is 29.1 Å². The number of carbonyl (C=O) groups is 1. The van der Waals surface area contributed by atoms with Crippen LogP contribution >= 0.6 is 23.2 Å². The van der Waals surface area contributed by atoms with Gasteiger partial charge in [-0.05, 0) is 37.2 Å². The maximum Gasteiger partial charge on any atom is 0.252 e. The number of amides is 1. The highest BCUT2D eigenvalue weighted by molar-refractivity contribution is 6.43. The molecule has 0 saturated carbocycles. The third-order valence-corrected chi connectivity index (χ3v) is 5.16. The largest absolute Gasteiger partial charge is 0.350 e. The summed E-state index contributed by atoms with van der Waals surface area (Å²) in [4.78, 5) is 14.9. The Morgan fingerprint density at radius 2 is 1.72 bits per heavy atom. The van der Waals surface area contributed by atoms with Crippen LogP contribution in [-0.4, -0.2) is 36.5 Å². The molecule has 2 aromatic carbocycles. The van der Waals surface area contributed by atoms with Crippen molar-refractivity contribution < 1.29 is 4.79 Å². The third-order valence-electron chi connectivity index (χ3n) is 4.34. The van der Waals surface area contributed by atoms with Gasteiger partial charge >= 0.3 is 0 Å². The van der Waals surface area contributed by atoms with Crippen LogP contribution in [0.4, 0.5) is 0 Å². The molecule has 134 valence electrons. The van der Waals surface area contributed by atoms with Gasteiger partial charge in [-0.2, -0.15) is 0 Å². The molecule has 0 aliphatic rings. The van der Waals surface area contributed by atoms with E-state index >= 15 is 0 Å². The molecule has 0 spiro atoms. The standard InChI is InChI=1S/C20H24Cl2N2O/c1-3-24(4-2)16(13-15-9-6-5-7-10-15)14-23-20(25)17-11-8-12-18(21)19(17)22/h5-12,16H,3-4,13-14H2,1-2H3,(H,23,25). The second kappa shape index (κ2) is 9.81. The molecule has 0 aliphatic heterocycles. The van der Waals surface area contributed by atoms with Crippen LogP contribution in [0.5, 0.6) is 0 Å². The molecule has 3 nitrogen and oxygen atoms in total. The van der Waals surface area contributed by atoms with Gasteiger partial charge in [-0.25, -0.2) is 0 Å². The quantitative estimate of drug-likeness (QED) is 0.723. The van der Waals surface area contributed by atoms with Crippen molar-refractivity contribution in [2.24, 2.45) is 0 Å². The van der Waals surface area contributed by atoms with E-state index in [1.54, 1.807) is 18.2 Å². The zero-order chi connectivity index (χ0) is 18.2. The summed E-state index contributed by atoms with van der Waals surface area (Å²) in [5.41, 5.74) is 1.67. The van der Waals surface area contributed by atoms with E-state index in [1.165, 1.54) is 5.56 Å². The first kappa shape index (κ1) is 19.8. The molecular formula is C20H24Cl2N2O. The predicted molar refractivity (Wildman–Crippen MR) is 106 cm³/mol. The molecule has 2 aromatic rings. The van der Waals surface area contributed by atoms with Crippen LogP contribution in [0.3, 0.4) is 0 Å². The minimum Gasteiger partial charge on any atom is -0.350 e. The van der Waals surface area contributed by atoms with E-state index in [0.29, 0.717) is 22.2 Å². The Morgan fingerprint density at radius 1 is 1.04 bits per heavy atom. The first-order valence-corrected chi connectivity index (χ1v) is 9.32. The van der Waals surface area contributed by atoms with Gasteiger partial charge in [0.05, 0.1) is 15.6 Å². The Morgan fingerprint density at radius 3 is 2.36 bits per heavy atom. The van der Waals surface area contributed by atoms with E-state index in [9.17, 15) is 4.79 Å². The van der Waals surface area contributed by atoms with Gasteiger partial charge in [0, 0.05) is 12.6 Å². The Labute approximate surface area is 159 Å². The molecule has 5 heteroatoms. The summed E-state index contributed by atoms with van der Waals surface area (Å²) in [6.07, 6.45) is 0.881. The van der Waals surface area contributed by atoms with E-state index < -0.39 is 0 Å². The summed E-state index contributed by atoms with van der Waals surface area (Å²) < 4.78 is 0. The van der Waals surface area contributed by atoms with Crippen LogP contribution in [0, 0.1) is 0 Å². The summed E-state index contributed by atoms with van der Waals surface area (Å²) in [6.45, 7) is 6.69. The fourth-order valence-corrected chi connectivity index (χ4v) is 3.33. The first-order chi connectivity index (χ1) is 12.1. The SMILES string of the molecule is CCN(CC)C(CNC(=O)c1cccc(Cl)c1Cl)Cc1ccccc1. The topological polar surface area (TPSA) is 32.3 Å². The minimum atomic E-state index is -0.197. The minimum absolute atomic E-state index is 0.197. The monoisotopic (exact) mass is 378 g/mol. The van der Waals surface area contributed by atoms with Crippen molar-refractivity contribution in [1.82, 2.24) is 10.2 Å². The van der Waals surface area contributed by atoms with Crippen LogP contribution in [0.15, 0.2) is 48.5 Å². The lowest BCUT2D eigenvalue weighted by Crippen LogP contribution is -2.45. The summed E-state index contributed by atoms with van der Waals surface area (Å²) in [5, 5.41) is 3.70. The van der Waals surface area contributed by atoms with Crippen LogP contribution < -0.4 is 5.32 Å². The average molecular weight is 379 g/mol. The molecule has 1 N–H and O–H groups in total. The number of nitrogens with zero attached hydrogens (tertiary/aromatic N) is 1. The Hall–Kier alpha value is -1.55. The number of halogens is 2. The molecule has 2 rings (SSSR count). The summed E-state index contributed by atoms with van der Waals surface area (Å²) >= 11 is 12.2. The van der Waals surface area contributed by atoms with Crippen molar-refractivity contribution in [1.29, 1.82) is 0 Å². The first-order valence-electron chi connectivity index (χ1n) is 8.57. The number of nitrogens with one attached hydrogen (secondary N) is 1. The van der Waals surface area contributed by atoms with E-state index in [0.717, 1.165) is 19.5 Å². The van der Waals surface area contributed by atoms with E-state index in [1.807, 2.05) is 18.2 Å². The van der Waals surface area contributed by atoms with E-state index in [2.05, 4.69) is 36.2 Å². The summed E-state index contributed by atoms with van der Waals surface area (Å²) in [7, 11) is 0. The number of benzene rings is 2. The average Bonchev–Trinajstić information content (AvgIpc) is 2.63. The number of hydrogen-bond acceptors (Lipinski definition) is 2. The lowest BCUT2D eigenvalue weighted by atomic mass is 10.0. The van der Waals surface area contributed by atoms with Crippen molar-refractivity contribution in [3.63, 3.8) is 0 Å². The van der Waals surface area contributed by atoms with Gasteiger partial charge in [-0.3, -0.25) is 9.69 Å². The number of rotatable bonds is 8. The smallest absolute Gasteiger partial charge is 0.252 e. The van der Waals surface area contributed by atoms with Gasteiger partial charge < -0.3 is 5.32 Å². The van der Waals surface area contributed by atoms with Crippen molar-refractivity contribution in [3.8, 4) is 0 Å². The maximum atomic E-state index is 12.5. The zero-order valence-corrected chi connectivity index (χ0v) is 16.1. The van der Waals surface area contributed by atoms with Gasteiger partial charge in [0.15, 0.2) is 0 Å². The Kier molecular flexibility index (Phi) is 7.76. The van der Waals surface area contributed by atoms with Gasteiger partial charge in [-0.15, -0.1) is 0 Å². The van der Waals surface area contributed by atoms with Crippen molar-refractivity contribution in [2.75, 3.05) is 19.6 Å². The number of carbonyl (C=O) groups excluding carboxylic acids is 1. The summed E-state index contributed by atoms with van der Waals surface area (Å²) in [5.74, 6) is -0.197. The molecule has 0 heterocycles. The molecular weight excluding hydrogens is 355 g/mol. The lowest BCUT2D eigenvalue weighted by molar-refractivity contribution is 0.0935. The van der Waals surface area contributed by atoms with E-state index in [4.69, 9.17) is 23.2 Å². The highest BCUT2D eigenvalue weighted by Crippen LogP contribution is 2.25. The molecule has 0 saturated heterocycles. The normalized spacial score (nSPS) is 12.2. The van der Waals surface area contributed by atoms with Crippen LogP contribution in [0.1, 0.15) is 29.8 Å². The summed E-state index contributed by atoms with van der Waals surface area (Å²) in [6, 6.07) is 15.6. The van der Waals surface area contributed by atoms with Crippen molar-refractivity contribution in [2.45, 2.75) is 26.3 Å². The molecule has 0 radical (unpaired) electrons. The number of hydrogen-bond donors (Lipinski definition) is 1. The van der Waals surface area contributed by atoms with Crippen molar-refractivity contribution in [3.05, 3.63) is 69.7 Å². The molecule has 1 unspecified atom stereocenters. The molecule has 25 heavy (non-hydrogen) atoms. The third kappa shape index (κ3) is 5.46. The van der Waals surface area contributed by atoms with Crippen LogP contribution in [0.2, 0.25) is 10.0 Å². The highest BCUT2D eigenvalue weighted by atomic mass is 35.5. The van der Waals surface area contributed by atoms with Gasteiger partial charge in [0.25, 0.3) is 5.91 Å². The highest BCUT2D eigenvalue weighted by Gasteiger charge is 2.19. The molecule has 0 bridgehead atoms. The Balaban J connectivity index is 2.08. The molecule has 0 aliphatic carbocycles. The predicted octanol–water partition coefficient (Wildman–Crippen LogP) is 4.68. The van der Waals surface area contributed by atoms with Gasteiger partial charge in [0.1, 0.15) is 0 Å². The molecule has 1 amide bonds. The van der Waals surface area contributed by atoms with Crippen LogP contribution in [0.25, 0.3) is 0 Å². The molecule has 0 fully saturated rings. The van der Waals surface area contributed by atoms with Crippen LogP contribution in [-0.2, 0) is 6.42 Å². The lowest BCUT2D eigenvalue weighted by Gasteiger charge is -2.30. The maximum absolute atomic E-state index is 12.5. The molecule has 1 atom stereocenters. The van der Waals surface area contributed by atoms with Gasteiger partial charge in [0.2, 0.25) is 0 Å².